The van der Waals surface area contributed by atoms with E-state index in [1.807, 2.05) is 0 Å². The van der Waals surface area contributed by atoms with E-state index in [9.17, 15) is 4.79 Å². The van der Waals surface area contributed by atoms with Crippen LogP contribution in [0, 0.1) is 0 Å². The first-order valence-corrected chi connectivity index (χ1v) is 4.44. The normalized spacial score (nSPS) is 12.2. The second-order valence-electron chi connectivity index (χ2n) is 3.27. The van der Waals surface area contributed by atoms with Gasteiger partial charge in [0.2, 0.25) is 0 Å². The summed E-state index contributed by atoms with van der Waals surface area (Å²) in [5, 5.41) is 26.4. The minimum absolute atomic E-state index is 0.163. The first kappa shape index (κ1) is 11.7. The van der Waals surface area contributed by atoms with Crippen molar-refractivity contribution < 1.29 is 19.9 Å². The topological polar surface area (TPSA) is 104 Å². The Morgan fingerprint density at radius 2 is 2.13 bits per heavy atom. The number of carboxylic acids is 1. The lowest BCUT2D eigenvalue weighted by Crippen LogP contribution is -2.34. The lowest BCUT2D eigenvalue weighted by molar-refractivity contribution is -0.138. The average molecular weight is 209 g/mol. The van der Waals surface area contributed by atoms with E-state index in [2.05, 4.69) is 0 Å². The van der Waals surface area contributed by atoms with Crippen molar-refractivity contribution in [2.75, 3.05) is 0 Å². The van der Waals surface area contributed by atoms with E-state index in [0.717, 1.165) is 0 Å². The molecule has 0 bridgehead atoms. The maximum atomic E-state index is 10.5. The van der Waals surface area contributed by atoms with Crippen LogP contribution in [0.4, 0.5) is 0 Å². The van der Waals surface area contributed by atoms with Gasteiger partial charge in [0.15, 0.2) is 0 Å². The van der Waals surface area contributed by atoms with Crippen LogP contribution >= 0.6 is 0 Å². The first-order chi connectivity index (χ1) is 7.00. The summed E-state index contributed by atoms with van der Waals surface area (Å²) in [5.74, 6) is -1.08. The van der Waals surface area contributed by atoms with Crippen molar-refractivity contribution in [2.45, 2.75) is 12.5 Å². The fourth-order valence-electron chi connectivity index (χ4n) is 1.22. The molecule has 0 heterocycles. The molecule has 0 spiro atoms. The third-order valence-corrected chi connectivity index (χ3v) is 2.02. The van der Waals surface area contributed by atoms with Crippen LogP contribution in [0.25, 0.3) is 0 Å². The van der Waals surface area contributed by atoms with Gasteiger partial charge < -0.3 is 20.9 Å². The Morgan fingerprint density at radius 1 is 1.47 bits per heavy atom. The highest BCUT2D eigenvalue weighted by atomic mass is 16.4. The SMILES string of the molecule is N[C@@H](Cc1cccc(B(O)O)c1)C(=O)O. The van der Waals surface area contributed by atoms with Gasteiger partial charge >= 0.3 is 13.1 Å². The van der Waals surface area contributed by atoms with E-state index >= 15 is 0 Å². The molecule has 0 saturated carbocycles. The van der Waals surface area contributed by atoms with Crippen molar-refractivity contribution in [3.8, 4) is 0 Å². The number of nitrogens with two attached hydrogens (primary N) is 1. The van der Waals surface area contributed by atoms with Crippen LogP contribution in [-0.2, 0) is 11.2 Å². The van der Waals surface area contributed by atoms with Gasteiger partial charge in [0.05, 0.1) is 0 Å². The smallest absolute Gasteiger partial charge is 0.480 e. The monoisotopic (exact) mass is 209 g/mol. The second-order valence-corrected chi connectivity index (χ2v) is 3.27. The fourth-order valence-corrected chi connectivity index (χ4v) is 1.22. The molecule has 0 aliphatic carbocycles. The Balaban J connectivity index is 2.78. The third-order valence-electron chi connectivity index (χ3n) is 2.02. The summed E-state index contributed by atoms with van der Waals surface area (Å²) < 4.78 is 0. The van der Waals surface area contributed by atoms with Gasteiger partial charge in [0.25, 0.3) is 0 Å². The summed E-state index contributed by atoms with van der Waals surface area (Å²) in [5.41, 5.74) is 6.34. The number of carbonyl (C=O) groups is 1. The molecule has 1 aromatic carbocycles. The average Bonchev–Trinajstić information content (AvgIpc) is 2.18. The molecule has 1 aromatic rings. The predicted octanol–water partition coefficient (Wildman–Crippen LogP) is -1.68. The Kier molecular flexibility index (Phi) is 3.84. The van der Waals surface area contributed by atoms with E-state index in [1.165, 1.54) is 6.07 Å². The molecule has 6 heteroatoms. The quantitative estimate of drug-likeness (QED) is 0.443. The number of carboxylic acid groups (broad SMARTS) is 1. The summed E-state index contributed by atoms with van der Waals surface area (Å²) in [6.07, 6.45) is 0.163. The lowest BCUT2D eigenvalue weighted by Gasteiger charge is -2.07. The molecule has 80 valence electrons. The van der Waals surface area contributed by atoms with Gasteiger partial charge in [-0.05, 0) is 17.4 Å². The second kappa shape index (κ2) is 4.93. The van der Waals surface area contributed by atoms with Crippen molar-refractivity contribution in [1.82, 2.24) is 0 Å². The lowest BCUT2D eigenvalue weighted by atomic mass is 9.79. The van der Waals surface area contributed by atoms with Crippen LogP contribution in [-0.4, -0.2) is 34.3 Å². The molecular formula is C9H12BNO4. The van der Waals surface area contributed by atoms with Crippen molar-refractivity contribution in [1.29, 1.82) is 0 Å². The van der Waals surface area contributed by atoms with Gasteiger partial charge in [-0.15, -0.1) is 0 Å². The Labute approximate surface area is 87.3 Å². The van der Waals surface area contributed by atoms with E-state index in [-0.39, 0.29) is 6.42 Å². The van der Waals surface area contributed by atoms with Gasteiger partial charge in [-0.25, -0.2) is 0 Å². The molecular weight excluding hydrogens is 197 g/mol. The Bertz CT molecular complexity index is 356. The number of hydrogen-bond acceptors (Lipinski definition) is 4. The van der Waals surface area contributed by atoms with Crippen molar-refractivity contribution in [3.63, 3.8) is 0 Å². The van der Waals surface area contributed by atoms with Gasteiger partial charge in [0.1, 0.15) is 6.04 Å². The summed E-state index contributed by atoms with van der Waals surface area (Å²) in [4.78, 5) is 10.5. The minimum Gasteiger partial charge on any atom is -0.480 e. The molecule has 0 amide bonds. The summed E-state index contributed by atoms with van der Waals surface area (Å²) >= 11 is 0. The maximum Gasteiger partial charge on any atom is 0.488 e. The van der Waals surface area contributed by atoms with Crippen LogP contribution in [0.1, 0.15) is 5.56 Å². The van der Waals surface area contributed by atoms with E-state index < -0.39 is 19.1 Å². The highest BCUT2D eigenvalue weighted by Crippen LogP contribution is 2.01. The standard InChI is InChI=1S/C9H12BNO4/c11-8(9(12)13)5-6-2-1-3-7(4-6)10(14)15/h1-4,8,14-15H,5,11H2,(H,12,13)/t8-/m0/s1. The van der Waals surface area contributed by atoms with Crippen molar-refractivity contribution in [2.24, 2.45) is 5.73 Å². The fraction of sp³-hybridized carbons (Fsp3) is 0.222. The van der Waals surface area contributed by atoms with E-state index in [4.69, 9.17) is 20.9 Å². The van der Waals surface area contributed by atoms with Gasteiger partial charge in [-0.1, -0.05) is 24.3 Å². The van der Waals surface area contributed by atoms with E-state index in [0.29, 0.717) is 11.0 Å². The predicted molar refractivity (Wildman–Crippen MR) is 55.6 cm³/mol. The molecule has 0 radical (unpaired) electrons. The summed E-state index contributed by atoms with van der Waals surface area (Å²) in [6.45, 7) is 0. The van der Waals surface area contributed by atoms with Crippen molar-refractivity contribution in [3.05, 3.63) is 29.8 Å². The first-order valence-electron chi connectivity index (χ1n) is 4.44. The minimum atomic E-state index is -1.55. The zero-order valence-corrected chi connectivity index (χ0v) is 8.00. The molecule has 15 heavy (non-hydrogen) atoms. The highest BCUT2D eigenvalue weighted by molar-refractivity contribution is 6.58. The van der Waals surface area contributed by atoms with E-state index in [1.54, 1.807) is 18.2 Å². The largest absolute Gasteiger partial charge is 0.488 e. The Hall–Kier alpha value is -1.37. The van der Waals surface area contributed by atoms with Crippen molar-refractivity contribution >= 4 is 18.6 Å². The molecule has 0 aliphatic rings. The molecule has 5 nitrogen and oxygen atoms in total. The molecule has 0 aliphatic heterocycles. The Morgan fingerprint density at radius 3 is 2.67 bits per heavy atom. The number of hydrogen-bond donors (Lipinski definition) is 4. The van der Waals surface area contributed by atoms with Crippen LogP contribution in [0.2, 0.25) is 0 Å². The number of benzene rings is 1. The molecule has 0 fully saturated rings. The van der Waals surface area contributed by atoms with Gasteiger partial charge in [-0.3, -0.25) is 4.79 Å². The van der Waals surface area contributed by atoms with Crippen LogP contribution in [0.15, 0.2) is 24.3 Å². The molecule has 0 unspecified atom stereocenters. The molecule has 1 rings (SSSR count). The van der Waals surface area contributed by atoms with Crippen LogP contribution in [0.5, 0.6) is 0 Å². The maximum absolute atomic E-state index is 10.5. The number of aliphatic carboxylic acids is 1. The van der Waals surface area contributed by atoms with Crippen LogP contribution in [0.3, 0.4) is 0 Å². The number of rotatable bonds is 4. The van der Waals surface area contributed by atoms with Crippen LogP contribution < -0.4 is 11.2 Å². The van der Waals surface area contributed by atoms with Gasteiger partial charge in [-0.2, -0.15) is 0 Å². The zero-order valence-electron chi connectivity index (χ0n) is 8.00. The molecule has 0 saturated heterocycles. The molecule has 5 N–H and O–H groups in total. The summed E-state index contributed by atoms with van der Waals surface area (Å²) in [6, 6.07) is 5.40. The summed E-state index contributed by atoms with van der Waals surface area (Å²) in [7, 11) is -1.55. The molecule has 1 atom stereocenters. The third kappa shape index (κ3) is 3.36. The molecule has 0 aromatic heterocycles. The zero-order chi connectivity index (χ0) is 11.4. The van der Waals surface area contributed by atoms with Gasteiger partial charge in [0, 0.05) is 0 Å². The highest BCUT2D eigenvalue weighted by Gasteiger charge is 2.14.